The number of carbonyl (C=O) groups is 3. The van der Waals surface area contributed by atoms with Crippen LogP contribution in [0.5, 0.6) is 11.5 Å². The first-order chi connectivity index (χ1) is 19.2. The molecule has 1 aromatic heterocycles. The van der Waals surface area contributed by atoms with Crippen molar-refractivity contribution in [3.05, 3.63) is 53.3 Å². The van der Waals surface area contributed by atoms with Crippen molar-refractivity contribution in [2.24, 2.45) is 5.92 Å². The molecule has 2 atom stereocenters. The lowest BCUT2D eigenvalue weighted by molar-refractivity contribution is -0.136. The maximum absolute atomic E-state index is 13.2. The van der Waals surface area contributed by atoms with Crippen molar-refractivity contribution in [1.82, 2.24) is 20.1 Å². The third kappa shape index (κ3) is 6.68. The van der Waals surface area contributed by atoms with Crippen molar-refractivity contribution in [3.8, 4) is 11.5 Å². The van der Waals surface area contributed by atoms with Crippen LogP contribution in [0.25, 0.3) is 0 Å². The van der Waals surface area contributed by atoms with Crippen LogP contribution in [0.2, 0.25) is 0 Å². The lowest BCUT2D eigenvalue weighted by Crippen LogP contribution is -2.45. The van der Waals surface area contributed by atoms with Gasteiger partial charge in [0.05, 0.1) is 18.8 Å². The molecule has 2 saturated carbocycles. The van der Waals surface area contributed by atoms with E-state index in [1.54, 1.807) is 42.3 Å². The highest BCUT2D eigenvalue weighted by atomic mass is 19.3. The minimum absolute atomic E-state index is 0.0355. The van der Waals surface area contributed by atoms with Crippen LogP contribution in [-0.4, -0.2) is 71.4 Å². The van der Waals surface area contributed by atoms with Crippen molar-refractivity contribution in [3.63, 3.8) is 0 Å². The predicted molar refractivity (Wildman–Crippen MR) is 141 cm³/mol. The monoisotopic (exact) mass is 556 g/mol. The highest BCUT2D eigenvalue weighted by Crippen LogP contribution is 2.39. The number of hydrogen-bond acceptors (Lipinski definition) is 6. The standard InChI is InChI=1S/C29H34F2N4O5/c1-17(36)35-15-20(19-8-11-25(40-29(30)31)26(13-19)39-16-18-6-7-18)12-24(35)27(37)32-14-21-4-3-5-23(33-21)28(38)34(2)22-9-10-22/h3-5,8,11,13,18,20,22,24,29H,6-7,9-10,12,14-16H2,1-2H3,(H,32,37)/t20?,24-/m1/s1. The van der Waals surface area contributed by atoms with E-state index in [9.17, 15) is 23.2 Å². The number of nitrogens with one attached hydrogen (secondary N) is 1. The summed E-state index contributed by atoms with van der Waals surface area (Å²) in [5, 5.41) is 2.86. The molecule has 214 valence electrons. The third-order valence-corrected chi connectivity index (χ3v) is 7.72. The van der Waals surface area contributed by atoms with Crippen LogP contribution in [0.4, 0.5) is 8.78 Å². The lowest BCUT2D eigenvalue weighted by Gasteiger charge is -2.22. The van der Waals surface area contributed by atoms with Crippen molar-refractivity contribution in [2.75, 3.05) is 20.2 Å². The Balaban J connectivity index is 1.25. The Hall–Kier alpha value is -3.76. The molecule has 9 nitrogen and oxygen atoms in total. The molecule has 0 radical (unpaired) electrons. The van der Waals surface area contributed by atoms with E-state index in [0.717, 1.165) is 31.2 Å². The number of benzene rings is 1. The Morgan fingerprint density at radius 1 is 1.12 bits per heavy atom. The topological polar surface area (TPSA) is 101 Å². The highest BCUT2D eigenvalue weighted by molar-refractivity contribution is 5.92. The Morgan fingerprint density at radius 2 is 1.90 bits per heavy atom. The molecule has 2 aromatic rings. The first-order valence-corrected chi connectivity index (χ1v) is 13.7. The molecular formula is C29H34F2N4O5. The van der Waals surface area contributed by atoms with Gasteiger partial charge in [0.1, 0.15) is 11.7 Å². The molecule has 1 unspecified atom stereocenters. The van der Waals surface area contributed by atoms with Crippen molar-refractivity contribution < 1.29 is 32.6 Å². The van der Waals surface area contributed by atoms with Gasteiger partial charge in [-0.15, -0.1) is 0 Å². The number of nitrogens with zero attached hydrogens (tertiary/aromatic N) is 3. The van der Waals surface area contributed by atoms with Crippen LogP contribution in [0.1, 0.15) is 66.7 Å². The van der Waals surface area contributed by atoms with E-state index in [1.165, 1.54) is 17.9 Å². The van der Waals surface area contributed by atoms with Gasteiger partial charge in [-0.3, -0.25) is 14.4 Å². The van der Waals surface area contributed by atoms with Crippen LogP contribution < -0.4 is 14.8 Å². The number of hydrogen-bond donors (Lipinski definition) is 1. The van der Waals surface area contributed by atoms with E-state index in [2.05, 4.69) is 15.0 Å². The van der Waals surface area contributed by atoms with Crippen molar-refractivity contribution in [1.29, 1.82) is 0 Å². The summed E-state index contributed by atoms with van der Waals surface area (Å²) in [6.45, 7) is -0.719. The molecule has 3 aliphatic rings. The summed E-state index contributed by atoms with van der Waals surface area (Å²) < 4.78 is 36.3. The second kappa shape index (κ2) is 11.8. The van der Waals surface area contributed by atoms with Crippen LogP contribution >= 0.6 is 0 Å². The quantitative estimate of drug-likeness (QED) is 0.453. The van der Waals surface area contributed by atoms with Gasteiger partial charge >= 0.3 is 6.61 Å². The molecule has 3 amide bonds. The van der Waals surface area contributed by atoms with Gasteiger partial charge in [-0.05, 0) is 67.9 Å². The van der Waals surface area contributed by atoms with E-state index in [1.807, 2.05) is 0 Å². The van der Waals surface area contributed by atoms with E-state index in [0.29, 0.717) is 36.9 Å². The summed E-state index contributed by atoms with van der Waals surface area (Å²) in [4.78, 5) is 46.0. The molecule has 1 N–H and O–H groups in total. The molecule has 2 heterocycles. The van der Waals surface area contributed by atoms with E-state index in [-0.39, 0.29) is 47.7 Å². The molecule has 5 rings (SSSR count). The molecule has 3 fully saturated rings. The summed E-state index contributed by atoms with van der Waals surface area (Å²) in [6, 6.07) is 9.49. The number of rotatable bonds is 11. The largest absolute Gasteiger partial charge is 0.489 e. The average molecular weight is 557 g/mol. The molecule has 11 heteroatoms. The Morgan fingerprint density at radius 3 is 2.58 bits per heavy atom. The van der Waals surface area contributed by atoms with Gasteiger partial charge in [0.25, 0.3) is 5.91 Å². The van der Waals surface area contributed by atoms with Crippen molar-refractivity contribution in [2.45, 2.75) is 70.2 Å². The number of ether oxygens (including phenoxy) is 2. The second-order valence-corrected chi connectivity index (χ2v) is 10.8. The Labute approximate surface area is 231 Å². The number of carbonyl (C=O) groups excluding carboxylic acids is 3. The predicted octanol–water partition coefficient (Wildman–Crippen LogP) is 3.73. The SMILES string of the molecule is CC(=O)N1CC(c2ccc(OC(F)F)c(OCC3CC3)c2)C[C@@H]1C(=O)NCc1cccc(C(=O)N(C)C2CC2)n1. The maximum Gasteiger partial charge on any atom is 0.387 e. The number of aromatic nitrogens is 1. The van der Waals surface area contributed by atoms with Gasteiger partial charge in [-0.2, -0.15) is 8.78 Å². The summed E-state index contributed by atoms with van der Waals surface area (Å²) in [6.07, 6.45) is 4.45. The molecule has 40 heavy (non-hydrogen) atoms. The van der Waals surface area contributed by atoms with Gasteiger partial charge in [-0.25, -0.2) is 4.98 Å². The van der Waals surface area contributed by atoms with Gasteiger partial charge in [0, 0.05) is 32.5 Å². The summed E-state index contributed by atoms with van der Waals surface area (Å²) in [7, 11) is 1.77. The molecule has 0 spiro atoms. The zero-order chi connectivity index (χ0) is 28.4. The number of amides is 3. The molecular weight excluding hydrogens is 522 g/mol. The maximum atomic E-state index is 13.2. The first-order valence-electron chi connectivity index (χ1n) is 13.7. The fourth-order valence-corrected chi connectivity index (χ4v) is 5.05. The number of pyridine rings is 1. The van der Waals surface area contributed by atoms with E-state index >= 15 is 0 Å². The molecule has 1 aliphatic heterocycles. The van der Waals surface area contributed by atoms with Crippen molar-refractivity contribution >= 4 is 17.7 Å². The Kier molecular flexibility index (Phi) is 8.18. The van der Waals surface area contributed by atoms with Gasteiger partial charge in [0.15, 0.2) is 11.5 Å². The highest BCUT2D eigenvalue weighted by Gasteiger charge is 2.39. The van der Waals surface area contributed by atoms with Crippen LogP contribution in [0, 0.1) is 5.92 Å². The number of halogens is 2. The summed E-state index contributed by atoms with van der Waals surface area (Å²) >= 11 is 0. The van der Waals surface area contributed by atoms with Crippen LogP contribution in [-0.2, 0) is 16.1 Å². The summed E-state index contributed by atoms with van der Waals surface area (Å²) in [5.74, 6) is -0.286. The number of likely N-dealkylation sites (tertiary alicyclic amines) is 1. The smallest absolute Gasteiger partial charge is 0.387 e. The van der Waals surface area contributed by atoms with Gasteiger partial charge < -0.3 is 24.6 Å². The third-order valence-electron chi connectivity index (χ3n) is 7.72. The van der Waals surface area contributed by atoms with Crippen LogP contribution in [0.3, 0.4) is 0 Å². The second-order valence-electron chi connectivity index (χ2n) is 10.8. The summed E-state index contributed by atoms with van der Waals surface area (Å²) in [5.41, 5.74) is 1.65. The minimum Gasteiger partial charge on any atom is -0.489 e. The fraction of sp³-hybridized carbons (Fsp3) is 0.517. The minimum atomic E-state index is -2.98. The van der Waals surface area contributed by atoms with Gasteiger partial charge in [0.2, 0.25) is 11.8 Å². The average Bonchev–Trinajstić information content (AvgIpc) is 3.88. The zero-order valence-corrected chi connectivity index (χ0v) is 22.6. The molecule has 2 aliphatic carbocycles. The van der Waals surface area contributed by atoms with Crippen LogP contribution in [0.15, 0.2) is 36.4 Å². The molecule has 1 aromatic carbocycles. The van der Waals surface area contributed by atoms with Gasteiger partial charge in [-0.1, -0.05) is 12.1 Å². The normalized spacial score (nSPS) is 20.4. The van der Waals surface area contributed by atoms with E-state index in [4.69, 9.17) is 4.74 Å². The molecule has 0 bridgehead atoms. The Bertz CT molecular complexity index is 1270. The lowest BCUT2D eigenvalue weighted by atomic mass is 9.95. The zero-order valence-electron chi connectivity index (χ0n) is 22.6. The first kappa shape index (κ1) is 27.8. The van der Waals surface area contributed by atoms with E-state index < -0.39 is 12.7 Å². The molecule has 1 saturated heterocycles. The number of alkyl halides is 2. The fourth-order valence-electron chi connectivity index (χ4n) is 5.05.